The smallest absolute Gasteiger partial charge is 0.326 e. The molecular weight excluding hydrogens is 298 g/mol. The predicted octanol–water partition coefficient (Wildman–Crippen LogP) is 1.25. The monoisotopic (exact) mass is 313 g/mol. The zero-order valence-electron chi connectivity index (χ0n) is 11.5. The number of nitrogens with one attached hydrogen (secondary N) is 1. The molecule has 1 aliphatic rings. The van der Waals surface area contributed by atoms with Crippen LogP contribution in [0.15, 0.2) is 18.2 Å². The first-order chi connectivity index (χ1) is 10.0. The van der Waals surface area contributed by atoms with Crippen molar-refractivity contribution in [1.82, 2.24) is 5.32 Å². The Hall–Kier alpha value is -1.79. The van der Waals surface area contributed by atoms with E-state index in [4.69, 9.17) is 26.2 Å². The molecule has 0 unspecified atom stereocenters. The summed E-state index contributed by atoms with van der Waals surface area (Å²) in [5.74, 6) is -0.951. The lowest BCUT2D eigenvalue weighted by molar-refractivity contribution is -0.143. The molecule has 0 aliphatic carbocycles. The number of hydrogen-bond acceptors (Lipinski definition) is 4. The van der Waals surface area contributed by atoms with Crippen LogP contribution in [0.2, 0.25) is 5.02 Å². The van der Waals surface area contributed by atoms with Gasteiger partial charge in [-0.1, -0.05) is 11.6 Å². The molecule has 0 radical (unpaired) electrons. The highest BCUT2D eigenvalue weighted by Crippen LogP contribution is 2.31. The number of rotatable bonds is 6. The average Bonchev–Trinajstić information content (AvgIpc) is 2.85. The van der Waals surface area contributed by atoms with Crippen LogP contribution in [0.3, 0.4) is 0 Å². The van der Waals surface area contributed by atoms with Crippen LogP contribution in [0.4, 0.5) is 0 Å². The second-order valence-corrected chi connectivity index (χ2v) is 5.18. The van der Waals surface area contributed by atoms with Gasteiger partial charge in [-0.2, -0.15) is 0 Å². The maximum atomic E-state index is 12.1. The number of carboxylic acids is 1. The van der Waals surface area contributed by atoms with Gasteiger partial charge in [-0.25, -0.2) is 4.79 Å². The Bertz CT molecular complexity index is 548. The Morgan fingerprint density at radius 3 is 3.00 bits per heavy atom. The lowest BCUT2D eigenvalue weighted by Gasteiger charge is -2.17. The van der Waals surface area contributed by atoms with E-state index in [9.17, 15) is 9.59 Å². The number of carbonyl (C=O) groups excluding carboxylic acids is 1. The summed E-state index contributed by atoms with van der Waals surface area (Å²) in [6.45, 7) is 0.249. The first-order valence-corrected chi connectivity index (χ1v) is 6.86. The summed E-state index contributed by atoms with van der Waals surface area (Å²) in [7, 11) is 1.47. The van der Waals surface area contributed by atoms with E-state index in [0.29, 0.717) is 17.2 Å². The number of methoxy groups -OCH3 is 1. The van der Waals surface area contributed by atoms with Crippen LogP contribution in [0.5, 0.6) is 5.75 Å². The molecular formula is C14H16ClNO5. The number of carbonyl (C=O) groups is 2. The van der Waals surface area contributed by atoms with Crippen molar-refractivity contribution in [1.29, 1.82) is 0 Å². The van der Waals surface area contributed by atoms with Gasteiger partial charge in [0.15, 0.2) is 6.10 Å². The molecule has 0 fully saturated rings. The largest absolute Gasteiger partial charge is 0.480 e. The van der Waals surface area contributed by atoms with Crippen LogP contribution in [0.1, 0.15) is 12.0 Å². The average molecular weight is 314 g/mol. The van der Waals surface area contributed by atoms with Gasteiger partial charge in [0.05, 0.1) is 0 Å². The molecule has 0 saturated heterocycles. The van der Waals surface area contributed by atoms with Crippen molar-refractivity contribution >= 4 is 23.5 Å². The predicted molar refractivity (Wildman–Crippen MR) is 75.6 cm³/mol. The first kappa shape index (κ1) is 15.6. The fourth-order valence-electron chi connectivity index (χ4n) is 2.12. The Morgan fingerprint density at radius 1 is 1.57 bits per heavy atom. The van der Waals surface area contributed by atoms with Crippen LogP contribution in [-0.2, 0) is 20.7 Å². The van der Waals surface area contributed by atoms with E-state index in [1.54, 1.807) is 18.2 Å². The summed E-state index contributed by atoms with van der Waals surface area (Å²) >= 11 is 5.89. The molecule has 0 saturated carbocycles. The van der Waals surface area contributed by atoms with E-state index >= 15 is 0 Å². The Kier molecular flexibility index (Phi) is 5.03. The van der Waals surface area contributed by atoms with Crippen LogP contribution >= 0.6 is 11.6 Å². The van der Waals surface area contributed by atoms with E-state index in [1.807, 2.05) is 0 Å². The Labute approximate surface area is 127 Å². The van der Waals surface area contributed by atoms with Crippen molar-refractivity contribution in [3.8, 4) is 5.75 Å². The van der Waals surface area contributed by atoms with Crippen LogP contribution in [-0.4, -0.2) is 42.8 Å². The SMILES string of the molecule is COCC[C@@H](NC(=O)[C@H]1Cc2cc(Cl)ccc2O1)C(=O)O. The van der Waals surface area contributed by atoms with E-state index in [2.05, 4.69) is 5.32 Å². The zero-order valence-corrected chi connectivity index (χ0v) is 12.2. The summed E-state index contributed by atoms with van der Waals surface area (Å²) < 4.78 is 10.3. The highest BCUT2D eigenvalue weighted by molar-refractivity contribution is 6.30. The van der Waals surface area contributed by atoms with Gasteiger partial charge in [0.25, 0.3) is 5.91 Å². The summed E-state index contributed by atoms with van der Waals surface area (Å²) in [6.07, 6.45) is -0.163. The molecule has 21 heavy (non-hydrogen) atoms. The van der Waals surface area contributed by atoms with E-state index in [-0.39, 0.29) is 13.0 Å². The molecule has 2 rings (SSSR count). The Morgan fingerprint density at radius 2 is 2.33 bits per heavy atom. The molecule has 0 aromatic heterocycles. The van der Waals surface area contributed by atoms with Crippen molar-refractivity contribution in [2.45, 2.75) is 25.0 Å². The van der Waals surface area contributed by atoms with Gasteiger partial charge in [-0.15, -0.1) is 0 Å². The summed E-state index contributed by atoms with van der Waals surface area (Å²) in [5, 5.41) is 12.1. The minimum Gasteiger partial charge on any atom is -0.480 e. The van der Waals surface area contributed by atoms with Gasteiger partial charge in [-0.3, -0.25) is 4.79 Å². The third kappa shape index (κ3) is 3.86. The highest BCUT2D eigenvalue weighted by atomic mass is 35.5. The van der Waals surface area contributed by atoms with E-state index in [1.165, 1.54) is 7.11 Å². The summed E-state index contributed by atoms with van der Waals surface area (Å²) in [5.41, 5.74) is 0.839. The van der Waals surface area contributed by atoms with Gasteiger partial charge in [0.2, 0.25) is 0 Å². The van der Waals surface area contributed by atoms with Crippen molar-refractivity contribution in [3.63, 3.8) is 0 Å². The van der Waals surface area contributed by atoms with Crippen molar-refractivity contribution < 1.29 is 24.2 Å². The highest BCUT2D eigenvalue weighted by Gasteiger charge is 2.31. The number of halogens is 1. The number of carboxylic acid groups (broad SMARTS) is 1. The van der Waals surface area contributed by atoms with E-state index < -0.39 is 24.0 Å². The lowest BCUT2D eigenvalue weighted by atomic mass is 10.1. The minimum atomic E-state index is -1.10. The van der Waals surface area contributed by atoms with Gasteiger partial charge < -0.3 is 19.9 Å². The van der Waals surface area contributed by atoms with Gasteiger partial charge in [0, 0.05) is 31.6 Å². The summed E-state index contributed by atoms with van der Waals surface area (Å²) in [6, 6.07) is 4.13. The molecule has 2 N–H and O–H groups in total. The molecule has 1 aromatic carbocycles. The van der Waals surface area contributed by atoms with Gasteiger partial charge in [0.1, 0.15) is 11.8 Å². The molecule has 2 atom stereocenters. The standard InChI is InChI=1S/C14H16ClNO5/c1-20-5-4-10(14(18)19)16-13(17)12-7-8-6-9(15)2-3-11(8)21-12/h2-3,6,10,12H,4-5,7H2,1H3,(H,16,17)(H,18,19)/t10-,12-/m1/s1. The lowest BCUT2D eigenvalue weighted by Crippen LogP contribution is -2.47. The molecule has 114 valence electrons. The van der Waals surface area contributed by atoms with Crippen molar-refractivity contribution in [2.24, 2.45) is 0 Å². The molecule has 6 nitrogen and oxygen atoms in total. The van der Waals surface area contributed by atoms with Gasteiger partial charge in [-0.05, 0) is 23.8 Å². The molecule has 1 heterocycles. The van der Waals surface area contributed by atoms with E-state index in [0.717, 1.165) is 5.56 Å². The molecule has 0 bridgehead atoms. The molecule has 0 spiro atoms. The second kappa shape index (κ2) is 6.78. The van der Waals surface area contributed by atoms with Crippen LogP contribution < -0.4 is 10.1 Å². The van der Waals surface area contributed by atoms with Crippen LogP contribution in [0, 0.1) is 0 Å². The number of fused-ring (bicyclic) bond motifs is 1. The molecule has 1 aliphatic heterocycles. The maximum Gasteiger partial charge on any atom is 0.326 e. The first-order valence-electron chi connectivity index (χ1n) is 6.48. The number of benzene rings is 1. The normalized spacial score (nSPS) is 17.7. The topological polar surface area (TPSA) is 84.9 Å². The fraction of sp³-hybridized carbons (Fsp3) is 0.429. The summed E-state index contributed by atoms with van der Waals surface area (Å²) in [4.78, 5) is 23.2. The van der Waals surface area contributed by atoms with Crippen molar-refractivity contribution in [2.75, 3.05) is 13.7 Å². The third-order valence-corrected chi connectivity index (χ3v) is 3.45. The molecule has 1 aromatic rings. The fourth-order valence-corrected chi connectivity index (χ4v) is 2.32. The Balaban J connectivity index is 1.97. The molecule has 7 heteroatoms. The molecule has 1 amide bonds. The number of aliphatic carboxylic acids is 1. The number of amides is 1. The van der Waals surface area contributed by atoms with Gasteiger partial charge >= 0.3 is 5.97 Å². The third-order valence-electron chi connectivity index (χ3n) is 3.21. The van der Waals surface area contributed by atoms with Crippen LogP contribution in [0.25, 0.3) is 0 Å². The van der Waals surface area contributed by atoms with Crippen molar-refractivity contribution in [3.05, 3.63) is 28.8 Å². The number of ether oxygens (including phenoxy) is 2. The number of hydrogen-bond donors (Lipinski definition) is 2. The second-order valence-electron chi connectivity index (χ2n) is 4.74. The zero-order chi connectivity index (χ0) is 15.4. The minimum absolute atomic E-state index is 0.197. The quantitative estimate of drug-likeness (QED) is 0.825. The maximum absolute atomic E-state index is 12.1.